The maximum atomic E-state index is 14.2. The van der Waals surface area contributed by atoms with Gasteiger partial charge in [-0.25, -0.2) is 9.79 Å². The Kier molecular flexibility index (Phi) is 8.60. The van der Waals surface area contributed by atoms with E-state index in [1.54, 1.807) is 0 Å². The zero-order valence-electron chi connectivity index (χ0n) is 20.0. The largest absolute Gasteiger partial charge is 0.487 e. The van der Waals surface area contributed by atoms with Crippen molar-refractivity contribution in [3.05, 3.63) is 106 Å². The van der Waals surface area contributed by atoms with Crippen molar-refractivity contribution in [1.29, 1.82) is 0 Å². The molecule has 0 saturated heterocycles. The van der Waals surface area contributed by atoms with Gasteiger partial charge in [-0.2, -0.15) is 13.2 Å². The second-order valence-electron chi connectivity index (χ2n) is 8.02. The van der Waals surface area contributed by atoms with Crippen LogP contribution in [0.15, 0.2) is 70.1 Å². The van der Waals surface area contributed by atoms with Gasteiger partial charge in [-0.05, 0) is 42.8 Å². The second kappa shape index (κ2) is 11.6. The van der Waals surface area contributed by atoms with Gasteiger partial charge in [0.05, 0.1) is 27.8 Å². The van der Waals surface area contributed by atoms with Crippen molar-refractivity contribution in [3.8, 4) is 5.75 Å². The number of rotatable bonds is 7. The van der Waals surface area contributed by atoms with Gasteiger partial charge in [-0.3, -0.25) is 9.36 Å². The van der Waals surface area contributed by atoms with Crippen LogP contribution in [0.25, 0.3) is 6.08 Å². The lowest BCUT2D eigenvalue weighted by Gasteiger charge is -2.26. The van der Waals surface area contributed by atoms with Crippen molar-refractivity contribution in [2.24, 2.45) is 4.99 Å². The van der Waals surface area contributed by atoms with Crippen LogP contribution in [-0.4, -0.2) is 29.9 Å². The van der Waals surface area contributed by atoms with E-state index in [1.807, 2.05) is 0 Å². The molecule has 1 aliphatic heterocycles. The van der Waals surface area contributed by atoms with Gasteiger partial charge in [0.2, 0.25) is 0 Å². The summed E-state index contributed by atoms with van der Waals surface area (Å²) in [6.45, 7) is 4.96. The number of thiazole rings is 1. The first-order valence-electron chi connectivity index (χ1n) is 11.2. The molecule has 0 amide bonds. The molecule has 2 aromatic carbocycles. The minimum absolute atomic E-state index is 0.00105. The summed E-state index contributed by atoms with van der Waals surface area (Å²) in [4.78, 5) is 30.1. The molecule has 0 bridgehead atoms. The predicted molar refractivity (Wildman–Crippen MR) is 144 cm³/mol. The first-order valence-corrected chi connectivity index (χ1v) is 13.2. The molecular weight excluding hydrogens is 600 g/mol. The normalized spacial score (nSPS) is 15.6. The molecule has 2 heterocycles. The molecule has 1 aromatic heterocycles. The van der Waals surface area contributed by atoms with Gasteiger partial charge in [0.1, 0.15) is 12.4 Å². The highest BCUT2D eigenvalue weighted by Crippen LogP contribution is 2.38. The molecule has 0 fully saturated rings. The van der Waals surface area contributed by atoms with Crippen LogP contribution in [0.5, 0.6) is 5.75 Å². The number of fused-ring (bicyclic) bond motifs is 1. The minimum Gasteiger partial charge on any atom is -0.487 e. The Balaban J connectivity index is 2.05. The van der Waals surface area contributed by atoms with Crippen LogP contribution >= 0.6 is 46.1 Å². The number of alkyl halides is 3. The van der Waals surface area contributed by atoms with Crippen molar-refractivity contribution in [1.82, 2.24) is 4.57 Å². The standard InChI is InChI=1S/C26H18Cl3F3N2O4S/c1-3-9-38-21-14(10-16(28)12-17(21)29)11-18-23(35)34-20(13-5-7-15(27)8-6-13)19(24(36)37-4-2)22(26(30,31)32)33-25(34)39-18/h3,5-8,10-12,20H,1,4,9H2,2H3/b18-11-/t20-/m0/s1. The monoisotopic (exact) mass is 616 g/mol. The summed E-state index contributed by atoms with van der Waals surface area (Å²) in [6, 6.07) is 7.20. The van der Waals surface area contributed by atoms with E-state index in [0.29, 0.717) is 21.9 Å². The first-order chi connectivity index (χ1) is 18.5. The number of carbonyl (C=O) groups is 1. The van der Waals surface area contributed by atoms with E-state index >= 15 is 0 Å². The lowest BCUT2D eigenvalue weighted by molar-refractivity contribution is -0.140. The smallest absolute Gasteiger partial charge is 0.434 e. The van der Waals surface area contributed by atoms with Gasteiger partial charge >= 0.3 is 12.1 Å². The van der Waals surface area contributed by atoms with Crippen LogP contribution in [0.1, 0.15) is 24.1 Å². The van der Waals surface area contributed by atoms with Crippen LogP contribution < -0.4 is 19.6 Å². The lowest BCUT2D eigenvalue weighted by Crippen LogP contribution is -2.41. The van der Waals surface area contributed by atoms with Crippen molar-refractivity contribution < 1.29 is 27.4 Å². The van der Waals surface area contributed by atoms with E-state index in [0.717, 1.165) is 4.57 Å². The summed E-state index contributed by atoms with van der Waals surface area (Å²) in [7, 11) is 0. The topological polar surface area (TPSA) is 69.9 Å². The number of nitrogens with zero attached hydrogens (tertiary/aromatic N) is 2. The highest BCUT2D eigenvalue weighted by molar-refractivity contribution is 7.07. The number of hydrogen-bond donors (Lipinski definition) is 0. The highest BCUT2D eigenvalue weighted by Gasteiger charge is 2.45. The molecule has 39 heavy (non-hydrogen) atoms. The number of halogens is 6. The molecule has 0 saturated carbocycles. The van der Waals surface area contributed by atoms with Crippen molar-refractivity contribution in [2.75, 3.05) is 13.2 Å². The summed E-state index contributed by atoms with van der Waals surface area (Å²) in [5.74, 6) is -1.05. The minimum atomic E-state index is -5.02. The van der Waals surface area contributed by atoms with Gasteiger partial charge in [-0.1, -0.05) is 70.9 Å². The first kappa shape index (κ1) is 28.9. The SMILES string of the molecule is C=CCOc1c(Cl)cc(Cl)cc1/C=c1\sc2n(c1=O)[C@@H](c1ccc(Cl)cc1)C(C(=O)OCC)=C(C(F)(F)F)N=2. The average molecular weight is 618 g/mol. The number of aromatic nitrogens is 1. The van der Waals surface area contributed by atoms with Crippen molar-refractivity contribution >= 4 is 58.2 Å². The molecule has 1 atom stereocenters. The van der Waals surface area contributed by atoms with E-state index in [4.69, 9.17) is 44.3 Å². The van der Waals surface area contributed by atoms with Crippen LogP contribution in [-0.2, 0) is 9.53 Å². The summed E-state index contributed by atoms with van der Waals surface area (Å²) >= 11 is 19.1. The number of esters is 1. The fourth-order valence-corrected chi connectivity index (χ4v) is 5.61. The van der Waals surface area contributed by atoms with Crippen LogP contribution in [0.4, 0.5) is 13.2 Å². The third-order valence-electron chi connectivity index (χ3n) is 5.45. The maximum Gasteiger partial charge on any atom is 0.434 e. The zero-order valence-corrected chi connectivity index (χ0v) is 23.1. The molecule has 0 radical (unpaired) electrons. The van der Waals surface area contributed by atoms with E-state index in [-0.39, 0.29) is 43.9 Å². The fourth-order valence-electron chi connectivity index (χ4n) is 3.92. The van der Waals surface area contributed by atoms with Crippen molar-refractivity contribution in [2.45, 2.75) is 19.1 Å². The average Bonchev–Trinajstić information content (AvgIpc) is 3.17. The van der Waals surface area contributed by atoms with Crippen LogP contribution in [0.3, 0.4) is 0 Å². The number of ether oxygens (including phenoxy) is 2. The number of benzene rings is 2. The van der Waals surface area contributed by atoms with E-state index in [1.165, 1.54) is 55.5 Å². The number of carbonyl (C=O) groups excluding carboxylic acids is 1. The highest BCUT2D eigenvalue weighted by atomic mass is 35.5. The molecule has 4 rings (SSSR count). The van der Waals surface area contributed by atoms with Gasteiger partial charge < -0.3 is 9.47 Å². The van der Waals surface area contributed by atoms with Gasteiger partial charge in [0, 0.05) is 15.6 Å². The third-order valence-corrected chi connectivity index (χ3v) is 7.18. The Bertz CT molecular complexity index is 1660. The molecule has 0 N–H and O–H groups in total. The molecule has 1 aliphatic rings. The molecule has 0 spiro atoms. The molecule has 6 nitrogen and oxygen atoms in total. The molecule has 0 aliphatic carbocycles. The Hall–Kier alpha value is -3.05. The van der Waals surface area contributed by atoms with Crippen LogP contribution in [0, 0.1) is 0 Å². The van der Waals surface area contributed by atoms with Crippen molar-refractivity contribution in [3.63, 3.8) is 0 Å². The van der Waals surface area contributed by atoms with E-state index < -0.39 is 35.0 Å². The Morgan fingerprint density at radius 2 is 1.87 bits per heavy atom. The van der Waals surface area contributed by atoms with E-state index in [2.05, 4.69) is 11.6 Å². The van der Waals surface area contributed by atoms with Gasteiger partial charge in [0.25, 0.3) is 5.56 Å². The zero-order chi connectivity index (χ0) is 28.5. The Morgan fingerprint density at radius 1 is 1.18 bits per heavy atom. The lowest BCUT2D eigenvalue weighted by atomic mass is 9.95. The molecule has 204 valence electrons. The summed E-state index contributed by atoms with van der Waals surface area (Å²) in [5.41, 5.74) is -2.45. The fraction of sp³-hybridized carbons (Fsp3) is 0.192. The predicted octanol–water partition coefficient (Wildman–Crippen LogP) is 5.87. The van der Waals surface area contributed by atoms with E-state index in [9.17, 15) is 22.8 Å². The maximum absolute atomic E-state index is 14.2. The summed E-state index contributed by atoms with van der Waals surface area (Å²) < 4.78 is 54.3. The van der Waals surface area contributed by atoms with Gasteiger partial charge in [-0.15, -0.1) is 0 Å². The molecule has 13 heteroatoms. The Morgan fingerprint density at radius 3 is 2.49 bits per heavy atom. The third kappa shape index (κ3) is 5.94. The Labute approximate surface area is 238 Å². The summed E-state index contributed by atoms with van der Waals surface area (Å²) in [5, 5.41) is 0.716. The quantitative estimate of drug-likeness (QED) is 0.246. The molecular formula is C26H18Cl3F3N2O4S. The number of allylic oxidation sites excluding steroid dienone is 1. The molecule has 3 aromatic rings. The summed E-state index contributed by atoms with van der Waals surface area (Å²) in [6.07, 6.45) is -2.14. The second-order valence-corrected chi connectivity index (χ2v) is 10.3. The van der Waals surface area contributed by atoms with Crippen LogP contribution in [0.2, 0.25) is 15.1 Å². The van der Waals surface area contributed by atoms with Gasteiger partial charge in [0.15, 0.2) is 10.5 Å². The number of hydrogen-bond acceptors (Lipinski definition) is 6. The molecule has 0 unspecified atom stereocenters.